The number of piperazine rings is 1. The van der Waals surface area contributed by atoms with Gasteiger partial charge in [-0.3, -0.25) is 4.79 Å². The van der Waals surface area contributed by atoms with Crippen molar-refractivity contribution < 1.29 is 18.0 Å². The van der Waals surface area contributed by atoms with Crippen LogP contribution in [0.15, 0.2) is 36.7 Å². The van der Waals surface area contributed by atoms with Gasteiger partial charge in [0.05, 0.1) is 12.4 Å². The molecule has 2 heterocycles. The lowest BCUT2D eigenvalue weighted by atomic mass is 10.2. The number of halogens is 3. The van der Waals surface area contributed by atoms with Crippen LogP contribution in [-0.2, 0) is 12.7 Å². The van der Waals surface area contributed by atoms with Gasteiger partial charge in [-0.1, -0.05) is 12.1 Å². The van der Waals surface area contributed by atoms with E-state index >= 15 is 0 Å². The smallest absolute Gasteiger partial charge is 0.369 e. The second-order valence-corrected chi connectivity index (χ2v) is 5.87. The number of rotatable bonds is 4. The Kier molecular flexibility index (Phi) is 5.36. The minimum Gasteiger partial charge on any atom is -0.369 e. The summed E-state index contributed by atoms with van der Waals surface area (Å²) < 4.78 is 37.3. The number of nitrogens with one attached hydrogen (secondary N) is 2. The van der Waals surface area contributed by atoms with Crippen molar-refractivity contribution in [3.63, 3.8) is 0 Å². The number of hydrogen-bond acceptors (Lipinski definition) is 5. The average molecular weight is 365 g/mol. The highest BCUT2D eigenvalue weighted by Crippen LogP contribution is 2.26. The zero-order valence-electron chi connectivity index (χ0n) is 13.9. The fraction of sp³-hybridized carbons (Fsp3) is 0.353. The highest BCUT2D eigenvalue weighted by molar-refractivity contribution is 5.91. The highest BCUT2D eigenvalue weighted by atomic mass is 19.4. The first-order chi connectivity index (χ1) is 12.4. The molecule has 1 aliphatic heterocycles. The van der Waals surface area contributed by atoms with Crippen LogP contribution < -0.4 is 15.5 Å². The second kappa shape index (κ2) is 7.69. The van der Waals surface area contributed by atoms with Crippen molar-refractivity contribution in [2.45, 2.75) is 12.7 Å². The van der Waals surface area contributed by atoms with E-state index in [1.165, 1.54) is 0 Å². The summed E-state index contributed by atoms with van der Waals surface area (Å²) in [5.41, 5.74) is 0.722. The van der Waals surface area contributed by atoms with Gasteiger partial charge in [0.1, 0.15) is 5.69 Å². The first kappa shape index (κ1) is 18.1. The van der Waals surface area contributed by atoms with Crippen LogP contribution in [0.2, 0.25) is 0 Å². The summed E-state index contributed by atoms with van der Waals surface area (Å²) in [6.45, 7) is 4.05. The maximum absolute atomic E-state index is 12.4. The van der Waals surface area contributed by atoms with Crippen molar-refractivity contribution in [3.8, 4) is 0 Å². The van der Waals surface area contributed by atoms with E-state index in [1.54, 1.807) is 0 Å². The fourth-order valence-corrected chi connectivity index (χ4v) is 2.61. The van der Waals surface area contributed by atoms with E-state index in [4.69, 9.17) is 0 Å². The third-order valence-electron chi connectivity index (χ3n) is 4.05. The van der Waals surface area contributed by atoms with E-state index in [-0.39, 0.29) is 12.2 Å². The van der Waals surface area contributed by atoms with E-state index in [0.717, 1.165) is 43.6 Å². The third-order valence-corrected chi connectivity index (χ3v) is 4.05. The number of hydrogen-bond donors (Lipinski definition) is 2. The topological polar surface area (TPSA) is 70.2 Å². The SMILES string of the molecule is O=C(NCc1ccc(N2CCNCC2)cc1)c1cnc(C(F)(F)F)cn1. The van der Waals surface area contributed by atoms with Crippen LogP contribution in [0.25, 0.3) is 0 Å². The molecule has 2 aromatic rings. The molecule has 0 spiro atoms. The molecular formula is C17H18F3N5O. The lowest BCUT2D eigenvalue weighted by Crippen LogP contribution is -2.43. The van der Waals surface area contributed by atoms with Crippen molar-refractivity contribution >= 4 is 11.6 Å². The minimum absolute atomic E-state index is 0.157. The first-order valence-corrected chi connectivity index (χ1v) is 8.15. The van der Waals surface area contributed by atoms with Crippen LogP contribution in [0.1, 0.15) is 21.7 Å². The number of benzene rings is 1. The quantitative estimate of drug-likeness (QED) is 0.865. The Bertz CT molecular complexity index is 740. The molecule has 0 aliphatic carbocycles. The van der Waals surface area contributed by atoms with Crippen LogP contribution in [0.4, 0.5) is 18.9 Å². The Morgan fingerprint density at radius 2 is 1.81 bits per heavy atom. The Hall–Kier alpha value is -2.68. The van der Waals surface area contributed by atoms with Gasteiger partial charge in [-0.2, -0.15) is 13.2 Å². The van der Waals surface area contributed by atoms with Gasteiger partial charge in [-0.25, -0.2) is 9.97 Å². The molecule has 0 unspecified atom stereocenters. The molecule has 3 rings (SSSR count). The monoisotopic (exact) mass is 365 g/mol. The molecule has 6 nitrogen and oxygen atoms in total. The number of anilines is 1. The van der Waals surface area contributed by atoms with Crippen LogP contribution in [0, 0.1) is 0 Å². The summed E-state index contributed by atoms with van der Waals surface area (Å²) in [5.74, 6) is -0.572. The number of alkyl halides is 3. The second-order valence-electron chi connectivity index (χ2n) is 5.87. The molecule has 1 aliphatic rings. The van der Waals surface area contributed by atoms with Gasteiger partial charge in [0.2, 0.25) is 0 Å². The van der Waals surface area contributed by atoms with Crippen molar-refractivity contribution in [2.24, 2.45) is 0 Å². The number of carbonyl (C=O) groups is 1. The lowest BCUT2D eigenvalue weighted by Gasteiger charge is -2.29. The first-order valence-electron chi connectivity index (χ1n) is 8.15. The molecule has 138 valence electrons. The van der Waals surface area contributed by atoms with Crippen molar-refractivity contribution in [3.05, 3.63) is 53.6 Å². The van der Waals surface area contributed by atoms with Crippen molar-refractivity contribution in [2.75, 3.05) is 31.1 Å². The number of aromatic nitrogens is 2. The van der Waals surface area contributed by atoms with Gasteiger partial charge in [0.25, 0.3) is 5.91 Å². The van der Waals surface area contributed by atoms with Gasteiger partial charge in [0.15, 0.2) is 5.69 Å². The Morgan fingerprint density at radius 1 is 1.12 bits per heavy atom. The normalized spacial score (nSPS) is 15.0. The van der Waals surface area contributed by atoms with Crippen LogP contribution in [0.3, 0.4) is 0 Å². The molecule has 0 atom stereocenters. The Labute approximate surface area is 148 Å². The van der Waals surface area contributed by atoms with E-state index in [2.05, 4.69) is 25.5 Å². The summed E-state index contributed by atoms with van der Waals surface area (Å²) >= 11 is 0. The van der Waals surface area contributed by atoms with E-state index < -0.39 is 17.8 Å². The zero-order valence-corrected chi connectivity index (χ0v) is 13.9. The third kappa shape index (κ3) is 4.48. The van der Waals surface area contributed by atoms with Gasteiger partial charge < -0.3 is 15.5 Å². The van der Waals surface area contributed by atoms with Crippen molar-refractivity contribution in [1.29, 1.82) is 0 Å². The van der Waals surface area contributed by atoms with E-state index in [9.17, 15) is 18.0 Å². The fourth-order valence-electron chi connectivity index (χ4n) is 2.61. The van der Waals surface area contributed by atoms with Gasteiger partial charge >= 0.3 is 6.18 Å². The Morgan fingerprint density at radius 3 is 2.38 bits per heavy atom. The van der Waals surface area contributed by atoms with Gasteiger partial charge in [-0.05, 0) is 17.7 Å². The molecule has 0 radical (unpaired) electrons. The molecule has 0 saturated carbocycles. The van der Waals surface area contributed by atoms with Gasteiger partial charge in [0, 0.05) is 38.4 Å². The lowest BCUT2D eigenvalue weighted by molar-refractivity contribution is -0.141. The van der Waals surface area contributed by atoms with Gasteiger partial charge in [-0.15, -0.1) is 0 Å². The Balaban J connectivity index is 1.55. The number of amides is 1. The largest absolute Gasteiger partial charge is 0.434 e. The molecular weight excluding hydrogens is 347 g/mol. The standard InChI is InChI=1S/C17H18F3N5O/c18-17(19,20)15-11-22-14(10-23-15)16(26)24-9-12-1-3-13(4-2-12)25-7-5-21-6-8-25/h1-4,10-11,21H,5-9H2,(H,24,26). The van der Waals surface area contributed by atoms with Crippen LogP contribution >= 0.6 is 0 Å². The minimum atomic E-state index is -4.58. The molecule has 1 fully saturated rings. The summed E-state index contributed by atoms with van der Waals surface area (Å²) in [6, 6.07) is 7.81. The highest BCUT2D eigenvalue weighted by Gasteiger charge is 2.33. The molecule has 1 amide bonds. The van der Waals surface area contributed by atoms with Crippen molar-refractivity contribution in [1.82, 2.24) is 20.6 Å². The average Bonchev–Trinajstić information content (AvgIpc) is 2.66. The molecule has 9 heteroatoms. The summed E-state index contributed by atoms with van der Waals surface area (Å²) in [5, 5.41) is 5.92. The molecule has 0 bridgehead atoms. The molecule has 26 heavy (non-hydrogen) atoms. The predicted octanol–water partition coefficient (Wildman–Crippen LogP) is 1.83. The maximum atomic E-state index is 12.4. The summed E-state index contributed by atoms with van der Waals surface area (Å²) in [7, 11) is 0. The predicted molar refractivity (Wildman–Crippen MR) is 89.7 cm³/mol. The number of carbonyl (C=O) groups excluding carboxylic acids is 1. The molecule has 1 aromatic heterocycles. The summed E-state index contributed by atoms with van der Waals surface area (Å²) in [4.78, 5) is 21.0. The van der Waals surface area contributed by atoms with Crippen LogP contribution in [0.5, 0.6) is 0 Å². The van der Waals surface area contributed by atoms with Crippen LogP contribution in [-0.4, -0.2) is 42.1 Å². The molecule has 2 N–H and O–H groups in total. The molecule has 1 aromatic carbocycles. The van der Waals surface area contributed by atoms with E-state index in [0.29, 0.717) is 6.20 Å². The van der Waals surface area contributed by atoms with E-state index in [1.807, 2.05) is 24.3 Å². The summed E-state index contributed by atoms with van der Waals surface area (Å²) in [6.07, 6.45) is -3.20. The zero-order chi connectivity index (χ0) is 18.6. The molecule has 1 saturated heterocycles. The number of nitrogens with zero attached hydrogens (tertiary/aromatic N) is 3. The maximum Gasteiger partial charge on any atom is 0.434 e.